The van der Waals surface area contributed by atoms with E-state index in [1.807, 2.05) is 6.07 Å². The van der Waals surface area contributed by atoms with E-state index in [0.29, 0.717) is 18.1 Å². The maximum absolute atomic E-state index is 11.5. The quantitative estimate of drug-likeness (QED) is 0.457. The number of fused-ring (bicyclic) bond motifs is 1. The fourth-order valence-electron chi connectivity index (χ4n) is 5.48. The Bertz CT molecular complexity index is 672. The number of piperidine rings is 1. The lowest BCUT2D eigenvalue weighted by atomic mass is 9.53. The predicted octanol–water partition coefficient (Wildman–Crippen LogP) is 4.32. The van der Waals surface area contributed by atoms with E-state index in [1.165, 1.54) is 43.2 Å². The molecule has 1 aromatic carbocycles. The van der Waals surface area contributed by atoms with Crippen molar-refractivity contribution in [2.45, 2.75) is 69.7 Å². The molecular weight excluding hydrogens is 342 g/mol. The van der Waals surface area contributed by atoms with Crippen LogP contribution < -0.4 is 10.1 Å². The molecule has 1 heterocycles. The van der Waals surface area contributed by atoms with E-state index in [9.17, 15) is 4.79 Å². The maximum atomic E-state index is 11.5. The van der Waals surface area contributed by atoms with Crippen molar-refractivity contribution in [3.8, 4) is 5.75 Å². The molecule has 2 bridgehead atoms. The summed E-state index contributed by atoms with van der Waals surface area (Å²) in [6, 6.07) is 7.04. The zero-order valence-electron chi connectivity index (χ0n) is 16.3. The summed E-state index contributed by atoms with van der Waals surface area (Å²) in [5.41, 5.74) is 3.24. The van der Waals surface area contributed by atoms with E-state index in [0.717, 1.165) is 37.5 Å². The van der Waals surface area contributed by atoms with Crippen LogP contribution in [-0.4, -0.2) is 32.1 Å². The van der Waals surface area contributed by atoms with Crippen LogP contribution in [0.25, 0.3) is 0 Å². The smallest absolute Gasteiger partial charge is 0.457 e. The molecule has 2 aliphatic carbocycles. The third-order valence-electron chi connectivity index (χ3n) is 6.74. The topological polar surface area (TPSA) is 56.8 Å². The van der Waals surface area contributed by atoms with Crippen LogP contribution in [-0.2, 0) is 21.3 Å². The van der Waals surface area contributed by atoms with Gasteiger partial charge in [0.1, 0.15) is 5.75 Å². The Hall–Kier alpha value is -1.75. The van der Waals surface area contributed by atoms with Gasteiger partial charge in [-0.15, -0.1) is 0 Å². The second-order valence-electron chi connectivity index (χ2n) is 8.20. The normalized spacial score (nSPS) is 28.6. The van der Waals surface area contributed by atoms with Crippen molar-refractivity contribution in [3.05, 3.63) is 29.3 Å². The van der Waals surface area contributed by atoms with E-state index in [4.69, 9.17) is 14.2 Å². The highest BCUT2D eigenvalue weighted by Gasteiger charge is 2.51. The molecule has 4 rings (SSSR count). The third kappa shape index (κ3) is 3.66. The van der Waals surface area contributed by atoms with Crippen LogP contribution in [0.15, 0.2) is 18.2 Å². The minimum absolute atomic E-state index is 0.107. The van der Waals surface area contributed by atoms with E-state index < -0.39 is 6.16 Å². The summed E-state index contributed by atoms with van der Waals surface area (Å²) < 4.78 is 15.7. The Morgan fingerprint density at radius 3 is 3.07 bits per heavy atom. The van der Waals surface area contributed by atoms with Gasteiger partial charge in [0.25, 0.3) is 0 Å². The largest absolute Gasteiger partial charge is 0.511 e. The summed E-state index contributed by atoms with van der Waals surface area (Å²) in [5, 5.41) is 3.76. The molecule has 0 radical (unpaired) electrons. The zero-order valence-corrected chi connectivity index (χ0v) is 16.3. The van der Waals surface area contributed by atoms with Gasteiger partial charge in [0.05, 0.1) is 6.61 Å². The Kier molecular flexibility index (Phi) is 5.58. The van der Waals surface area contributed by atoms with Gasteiger partial charge in [0.15, 0.2) is 0 Å². The Morgan fingerprint density at radius 1 is 1.26 bits per heavy atom. The molecule has 0 aromatic heterocycles. The highest BCUT2D eigenvalue weighted by molar-refractivity contribution is 5.59. The molecule has 1 N–H and O–H groups in total. The number of hydrogen-bond acceptors (Lipinski definition) is 5. The molecule has 0 unspecified atom stereocenters. The van der Waals surface area contributed by atoms with Gasteiger partial charge in [-0.25, -0.2) is 4.79 Å². The predicted molar refractivity (Wildman–Crippen MR) is 103 cm³/mol. The van der Waals surface area contributed by atoms with Gasteiger partial charge in [-0.2, -0.15) is 0 Å². The molecule has 1 saturated heterocycles. The lowest BCUT2D eigenvalue weighted by molar-refractivity contribution is 0.00399. The first-order valence-corrected chi connectivity index (χ1v) is 10.5. The molecule has 1 saturated carbocycles. The first-order valence-electron chi connectivity index (χ1n) is 10.5. The molecule has 5 heteroatoms. The fraction of sp³-hybridized carbons (Fsp3) is 0.682. The number of rotatable bonds is 6. The number of benzene rings is 1. The zero-order chi connectivity index (χ0) is 18.7. The molecule has 27 heavy (non-hydrogen) atoms. The summed E-state index contributed by atoms with van der Waals surface area (Å²) in [6.07, 6.45) is 8.78. The molecule has 3 aliphatic rings. The van der Waals surface area contributed by atoms with Gasteiger partial charge >= 0.3 is 6.16 Å². The minimum atomic E-state index is -0.659. The first-order chi connectivity index (χ1) is 13.2. The summed E-state index contributed by atoms with van der Waals surface area (Å²) in [6.45, 7) is 3.45. The van der Waals surface area contributed by atoms with E-state index in [-0.39, 0.29) is 6.79 Å². The third-order valence-corrected chi connectivity index (χ3v) is 6.74. The molecule has 2 fully saturated rings. The second-order valence-corrected chi connectivity index (χ2v) is 8.20. The lowest BCUT2D eigenvalue weighted by Gasteiger charge is -2.56. The van der Waals surface area contributed by atoms with Crippen LogP contribution in [0.4, 0.5) is 4.79 Å². The molecule has 1 aliphatic heterocycles. The SMILES string of the molecule is CCCCOC(=O)OCOc1ccc2c(c1)[C@]13CCCC[C@@H]1[C@H](C2)NCC3. The molecule has 0 spiro atoms. The molecule has 0 amide bonds. The number of ether oxygens (including phenoxy) is 3. The Labute approximate surface area is 161 Å². The van der Waals surface area contributed by atoms with Crippen LogP contribution >= 0.6 is 0 Å². The van der Waals surface area contributed by atoms with Crippen molar-refractivity contribution in [1.82, 2.24) is 5.32 Å². The van der Waals surface area contributed by atoms with Crippen molar-refractivity contribution in [2.24, 2.45) is 5.92 Å². The average molecular weight is 373 g/mol. The van der Waals surface area contributed by atoms with Crippen molar-refractivity contribution in [2.75, 3.05) is 19.9 Å². The number of carbonyl (C=O) groups excluding carboxylic acids is 1. The van der Waals surface area contributed by atoms with Crippen molar-refractivity contribution in [3.63, 3.8) is 0 Å². The minimum Gasteiger partial charge on any atom is -0.457 e. The fourth-order valence-corrected chi connectivity index (χ4v) is 5.48. The molecule has 1 aromatic rings. The van der Waals surface area contributed by atoms with Crippen molar-refractivity contribution >= 4 is 6.16 Å². The Morgan fingerprint density at radius 2 is 2.19 bits per heavy atom. The molecule has 5 nitrogen and oxygen atoms in total. The lowest BCUT2D eigenvalue weighted by Crippen LogP contribution is -2.59. The van der Waals surface area contributed by atoms with Crippen molar-refractivity contribution in [1.29, 1.82) is 0 Å². The summed E-state index contributed by atoms with van der Waals surface area (Å²) >= 11 is 0. The van der Waals surface area contributed by atoms with Crippen LogP contribution in [0.2, 0.25) is 0 Å². The van der Waals surface area contributed by atoms with Gasteiger partial charge in [0, 0.05) is 11.5 Å². The second kappa shape index (κ2) is 8.09. The highest BCUT2D eigenvalue weighted by atomic mass is 16.8. The highest BCUT2D eigenvalue weighted by Crippen LogP contribution is 2.54. The van der Waals surface area contributed by atoms with Gasteiger partial charge in [-0.1, -0.05) is 32.3 Å². The molecule has 3 atom stereocenters. The average Bonchev–Trinajstić information content (AvgIpc) is 2.68. The van der Waals surface area contributed by atoms with Gasteiger partial charge in [-0.05, 0) is 67.8 Å². The van der Waals surface area contributed by atoms with E-state index >= 15 is 0 Å². The van der Waals surface area contributed by atoms with E-state index in [2.05, 4.69) is 24.4 Å². The number of unbranched alkanes of at least 4 members (excludes halogenated alkanes) is 1. The maximum Gasteiger partial charge on any atom is 0.511 e. The van der Waals surface area contributed by atoms with Crippen LogP contribution in [0.5, 0.6) is 5.75 Å². The van der Waals surface area contributed by atoms with Gasteiger partial charge in [0.2, 0.25) is 6.79 Å². The number of carbonyl (C=O) groups is 1. The Balaban J connectivity index is 1.43. The molecular formula is C22H31NO4. The van der Waals surface area contributed by atoms with Gasteiger partial charge in [-0.3, -0.25) is 0 Å². The monoisotopic (exact) mass is 373 g/mol. The summed E-state index contributed by atoms with van der Waals surface area (Å²) in [5.74, 6) is 1.53. The van der Waals surface area contributed by atoms with Crippen LogP contribution in [0.1, 0.15) is 63.0 Å². The van der Waals surface area contributed by atoms with E-state index in [1.54, 1.807) is 0 Å². The standard InChI is InChI=1S/C22H31NO4/c1-2-3-12-25-21(24)27-15-26-17-8-7-16-13-20-18-6-4-5-9-22(18,10-11-23-20)19(16)14-17/h7-8,14,18,20,23H,2-6,9-13,15H2,1H3/t18-,20+,22+/m1/s1. The van der Waals surface area contributed by atoms with Crippen molar-refractivity contribution < 1.29 is 19.0 Å². The first kappa shape index (κ1) is 18.6. The van der Waals surface area contributed by atoms with Crippen LogP contribution in [0.3, 0.4) is 0 Å². The molecule has 148 valence electrons. The number of nitrogens with one attached hydrogen (secondary N) is 1. The van der Waals surface area contributed by atoms with Gasteiger partial charge < -0.3 is 19.5 Å². The number of hydrogen-bond donors (Lipinski definition) is 1. The summed E-state index contributed by atoms with van der Waals surface area (Å²) in [7, 11) is 0. The van der Waals surface area contributed by atoms with Crippen LogP contribution in [0, 0.1) is 5.92 Å². The summed E-state index contributed by atoms with van der Waals surface area (Å²) in [4.78, 5) is 11.5.